The maximum absolute atomic E-state index is 14.3. The van der Waals surface area contributed by atoms with Crippen molar-refractivity contribution >= 4 is 34.0 Å². The molecule has 0 heterocycles. The van der Waals surface area contributed by atoms with Gasteiger partial charge in [0.05, 0.1) is 22.5 Å². The summed E-state index contributed by atoms with van der Waals surface area (Å²) in [5.74, 6) is -2.51. The van der Waals surface area contributed by atoms with Crippen LogP contribution in [0.5, 0.6) is 0 Å². The molecular weight excluding hydrogens is 309 g/mol. The molecule has 120 valence electrons. The highest BCUT2D eigenvalue weighted by atomic mass is 19.1. The number of nitrogen functional groups attached to an aromatic ring is 1. The average molecular weight is 323 g/mol. The van der Waals surface area contributed by atoms with Crippen LogP contribution in [0, 0.1) is 5.82 Å². The Kier molecular flexibility index (Phi) is 3.87. The van der Waals surface area contributed by atoms with Gasteiger partial charge in [-0.05, 0) is 29.0 Å². The van der Waals surface area contributed by atoms with Gasteiger partial charge in [-0.1, -0.05) is 36.4 Å². The van der Waals surface area contributed by atoms with Crippen molar-refractivity contribution in [3.8, 4) is 0 Å². The number of nitrogens with one attached hydrogen (secondary N) is 1. The minimum absolute atomic E-state index is 0.110. The lowest BCUT2D eigenvalue weighted by Gasteiger charge is -2.13. The first kappa shape index (κ1) is 15.5. The zero-order valence-electron chi connectivity index (χ0n) is 12.5. The van der Waals surface area contributed by atoms with Crippen molar-refractivity contribution < 1.29 is 14.0 Å². The summed E-state index contributed by atoms with van der Waals surface area (Å²) in [7, 11) is 0. The van der Waals surface area contributed by atoms with Gasteiger partial charge in [-0.2, -0.15) is 0 Å². The molecular formula is C18H14FN3O2. The van der Waals surface area contributed by atoms with Gasteiger partial charge in [-0.25, -0.2) is 4.39 Å². The molecule has 0 atom stereocenters. The maximum atomic E-state index is 14.3. The summed E-state index contributed by atoms with van der Waals surface area (Å²) in [4.78, 5) is 24.4. The molecule has 0 aliphatic rings. The quantitative estimate of drug-likeness (QED) is 0.646. The van der Waals surface area contributed by atoms with Crippen molar-refractivity contribution in [2.75, 3.05) is 11.1 Å². The number of rotatable bonds is 3. The Morgan fingerprint density at radius 2 is 1.62 bits per heavy atom. The van der Waals surface area contributed by atoms with Gasteiger partial charge in [0.2, 0.25) is 0 Å². The van der Waals surface area contributed by atoms with E-state index in [1.807, 2.05) is 0 Å². The molecule has 5 N–H and O–H groups in total. The Balaban J connectivity index is 2.20. The molecule has 3 rings (SSSR count). The molecule has 3 aromatic carbocycles. The third-order valence-electron chi connectivity index (χ3n) is 3.68. The third kappa shape index (κ3) is 2.65. The number of hydrogen-bond acceptors (Lipinski definition) is 3. The Morgan fingerprint density at radius 3 is 2.33 bits per heavy atom. The Morgan fingerprint density at radius 1 is 0.958 bits per heavy atom. The number of anilines is 2. The summed E-state index contributed by atoms with van der Waals surface area (Å²) in [5, 5.41) is 3.52. The summed E-state index contributed by atoms with van der Waals surface area (Å²) in [6.45, 7) is 0. The number of fused-ring (bicyclic) bond motifs is 1. The zero-order valence-corrected chi connectivity index (χ0v) is 12.5. The first-order valence-corrected chi connectivity index (χ1v) is 7.16. The molecule has 0 aromatic heterocycles. The lowest BCUT2D eigenvalue weighted by atomic mass is 9.97. The van der Waals surface area contributed by atoms with Crippen molar-refractivity contribution in [2.24, 2.45) is 5.73 Å². The highest BCUT2D eigenvalue weighted by molar-refractivity contribution is 6.19. The molecule has 5 nitrogen and oxygen atoms in total. The molecule has 0 radical (unpaired) electrons. The Hall–Kier alpha value is -3.41. The smallest absolute Gasteiger partial charge is 0.257 e. The molecule has 2 amide bonds. The molecule has 0 fully saturated rings. The molecule has 0 spiro atoms. The van der Waals surface area contributed by atoms with Gasteiger partial charge in [0.25, 0.3) is 11.8 Å². The van der Waals surface area contributed by atoms with E-state index in [2.05, 4.69) is 5.32 Å². The fourth-order valence-corrected chi connectivity index (χ4v) is 2.59. The minimum atomic E-state index is -1.01. The highest BCUT2D eigenvalue weighted by Crippen LogP contribution is 2.27. The predicted octanol–water partition coefficient (Wildman–Crippen LogP) is 2.91. The van der Waals surface area contributed by atoms with E-state index in [0.717, 1.165) is 0 Å². The van der Waals surface area contributed by atoms with Crippen molar-refractivity contribution in [1.82, 2.24) is 0 Å². The molecule has 0 aliphatic carbocycles. The summed E-state index contributed by atoms with van der Waals surface area (Å²) < 4.78 is 14.3. The van der Waals surface area contributed by atoms with Gasteiger partial charge < -0.3 is 16.8 Å². The predicted molar refractivity (Wildman–Crippen MR) is 91.2 cm³/mol. The maximum Gasteiger partial charge on any atom is 0.257 e. The van der Waals surface area contributed by atoms with E-state index in [0.29, 0.717) is 22.1 Å². The molecule has 0 saturated heterocycles. The number of primary amides is 1. The summed E-state index contributed by atoms with van der Waals surface area (Å²) in [6.07, 6.45) is 0. The number of amides is 2. The number of carbonyl (C=O) groups excluding carboxylic acids is 2. The topological polar surface area (TPSA) is 98.2 Å². The van der Waals surface area contributed by atoms with Gasteiger partial charge in [0.15, 0.2) is 0 Å². The van der Waals surface area contributed by atoms with Gasteiger partial charge in [0.1, 0.15) is 5.82 Å². The molecule has 6 heteroatoms. The number of hydrogen-bond donors (Lipinski definition) is 3. The van der Waals surface area contributed by atoms with Crippen LogP contribution in [0.1, 0.15) is 20.7 Å². The summed E-state index contributed by atoms with van der Waals surface area (Å²) >= 11 is 0. The van der Waals surface area contributed by atoms with E-state index < -0.39 is 23.2 Å². The highest BCUT2D eigenvalue weighted by Gasteiger charge is 2.23. The van der Waals surface area contributed by atoms with Crippen LogP contribution in [0.25, 0.3) is 10.8 Å². The van der Waals surface area contributed by atoms with Crippen LogP contribution in [0.3, 0.4) is 0 Å². The monoisotopic (exact) mass is 323 g/mol. The van der Waals surface area contributed by atoms with Crippen molar-refractivity contribution in [3.05, 3.63) is 71.5 Å². The Labute approximate surface area is 137 Å². The van der Waals surface area contributed by atoms with E-state index in [1.54, 1.807) is 48.5 Å². The number of nitrogens with two attached hydrogens (primary N) is 2. The molecule has 0 bridgehead atoms. The van der Waals surface area contributed by atoms with Crippen LogP contribution in [-0.4, -0.2) is 11.8 Å². The van der Waals surface area contributed by atoms with Gasteiger partial charge in [0, 0.05) is 0 Å². The molecule has 24 heavy (non-hydrogen) atoms. The van der Waals surface area contributed by atoms with Crippen LogP contribution in [0.4, 0.5) is 15.8 Å². The SMILES string of the molecule is NC(=O)c1c(F)cc2ccccc2c1C(=O)Nc1ccccc1N. The fourth-order valence-electron chi connectivity index (χ4n) is 2.59. The van der Waals surface area contributed by atoms with E-state index in [4.69, 9.17) is 11.5 Å². The van der Waals surface area contributed by atoms with E-state index in [9.17, 15) is 14.0 Å². The van der Waals surface area contributed by atoms with Crippen molar-refractivity contribution in [3.63, 3.8) is 0 Å². The zero-order chi connectivity index (χ0) is 17.3. The number of benzene rings is 3. The largest absolute Gasteiger partial charge is 0.397 e. The van der Waals surface area contributed by atoms with Crippen LogP contribution >= 0.6 is 0 Å². The number of carbonyl (C=O) groups is 2. The van der Waals surface area contributed by atoms with Crippen LogP contribution in [-0.2, 0) is 0 Å². The van der Waals surface area contributed by atoms with Gasteiger partial charge in [-0.3, -0.25) is 9.59 Å². The van der Waals surface area contributed by atoms with Crippen LogP contribution in [0.15, 0.2) is 54.6 Å². The summed E-state index contributed by atoms with van der Waals surface area (Å²) in [5.41, 5.74) is 11.3. The van der Waals surface area contributed by atoms with E-state index in [1.165, 1.54) is 6.07 Å². The molecule has 0 unspecified atom stereocenters. The lowest BCUT2D eigenvalue weighted by Crippen LogP contribution is -2.22. The lowest BCUT2D eigenvalue weighted by molar-refractivity contribution is 0.0974. The Bertz CT molecular complexity index is 970. The van der Waals surface area contributed by atoms with Crippen LogP contribution < -0.4 is 16.8 Å². The van der Waals surface area contributed by atoms with Crippen molar-refractivity contribution in [2.45, 2.75) is 0 Å². The number of halogens is 1. The molecule has 0 saturated carbocycles. The first-order chi connectivity index (χ1) is 11.5. The van der Waals surface area contributed by atoms with E-state index in [-0.39, 0.29) is 5.56 Å². The van der Waals surface area contributed by atoms with Crippen molar-refractivity contribution in [1.29, 1.82) is 0 Å². The molecule has 3 aromatic rings. The second-order valence-electron chi connectivity index (χ2n) is 5.24. The second-order valence-corrected chi connectivity index (χ2v) is 5.24. The number of para-hydroxylation sites is 2. The van der Waals surface area contributed by atoms with E-state index >= 15 is 0 Å². The summed E-state index contributed by atoms with van der Waals surface area (Å²) in [6, 6.07) is 14.5. The standard InChI is InChI=1S/C18H14FN3O2/c19-12-9-10-5-1-2-6-11(10)15(16(12)17(21)23)18(24)22-14-8-4-3-7-13(14)20/h1-9H,20H2,(H2,21,23)(H,22,24). The third-order valence-corrected chi connectivity index (χ3v) is 3.68. The van der Waals surface area contributed by atoms with Crippen LogP contribution in [0.2, 0.25) is 0 Å². The average Bonchev–Trinajstić information content (AvgIpc) is 2.55. The van der Waals surface area contributed by atoms with Gasteiger partial charge in [-0.15, -0.1) is 0 Å². The second kappa shape index (κ2) is 6.00. The van der Waals surface area contributed by atoms with Gasteiger partial charge >= 0.3 is 0 Å². The first-order valence-electron chi connectivity index (χ1n) is 7.16. The fraction of sp³-hybridized carbons (Fsp3) is 0. The normalized spacial score (nSPS) is 10.5. The molecule has 0 aliphatic heterocycles. The minimum Gasteiger partial charge on any atom is -0.397 e.